The lowest BCUT2D eigenvalue weighted by atomic mass is 10.2. The van der Waals surface area contributed by atoms with Gasteiger partial charge in [-0.15, -0.1) is 0 Å². The molecule has 0 aliphatic carbocycles. The number of hydrogen-bond donors (Lipinski definition) is 2. The van der Waals surface area contributed by atoms with Gasteiger partial charge in [0.05, 0.1) is 13.1 Å². The molecule has 1 aromatic carbocycles. The van der Waals surface area contributed by atoms with Crippen LogP contribution in [0, 0.1) is 5.92 Å². The number of ether oxygens (including phenoxy) is 1. The number of nitrogens with one attached hydrogen (secondary N) is 2. The molecular weight excluding hydrogens is 262 g/mol. The number of aliphatic imine (C=N–C) groups is 1. The van der Waals surface area contributed by atoms with Gasteiger partial charge in [0, 0.05) is 11.6 Å². The fourth-order valence-corrected chi connectivity index (χ4v) is 1.85. The van der Waals surface area contributed by atoms with Crippen LogP contribution in [0.5, 0.6) is 5.75 Å². The molecule has 0 radical (unpaired) electrons. The number of benzene rings is 1. The first-order valence-corrected chi connectivity index (χ1v) is 6.95. The Bertz CT molecular complexity index is 431. The van der Waals surface area contributed by atoms with Crippen molar-refractivity contribution < 1.29 is 4.74 Å². The van der Waals surface area contributed by atoms with Gasteiger partial charge in [0.15, 0.2) is 5.96 Å². The molecule has 1 unspecified atom stereocenters. The Morgan fingerprint density at radius 3 is 2.74 bits per heavy atom. The van der Waals surface area contributed by atoms with Crippen LogP contribution in [0.4, 0.5) is 0 Å². The summed E-state index contributed by atoms with van der Waals surface area (Å²) < 4.78 is 5.83. The minimum Gasteiger partial charge on any atom is -0.487 e. The fraction of sp³-hybridized carbons (Fsp3) is 0.500. The van der Waals surface area contributed by atoms with Crippen LogP contribution in [-0.2, 0) is 0 Å². The molecule has 5 heteroatoms. The molecule has 2 N–H and O–H groups in total. The summed E-state index contributed by atoms with van der Waals surface area (Å²) in [6, 6.07) is 7.40. The maximum Gasteiger partial charge on any atom is 0.191 e. The van der Waals surface area contributed by atoms with E-state index >= 15 is 0 Å². The SMILES string of the molecule is CC(C)CNC1=NCC(Oc2ccc(Cl)cc2)CN1. The molecule has 0 fully saturated rings. The summed E-state index contributed by atoms with van der Waals surface area (Å²) in [5.41, 5.74) is 0. The van der Waals surface area contributed by atoms with E-state index < -0.39 is 0 Å². The monoisotopic (exact) mass is 281 g/mol. The minimum absolute atomic E-state index is 0.0609. The lowest BCUT2D eigenvalue weighted by Gasteiger charge is -2.24. The number of guanidine groups is 1. The highest BCUT2D eigenvalue weighted by Crippen LogP contribution is 2.17. The van der Waals surface area contributed by atoms with Crippen LogP contribution >= 0.6 is 11.6 Å². The standard InChI is InChI=1S/C14H20ClN3O/c1-10(2)7-16-14-17-8-13(9-18-14)19-12-5-3-11(15)4-6-12/h3-6,10,13H,7-9H2,1-2H3,(H2,16,17,18). The van der Waals surface area contributed by atoms with Crippen LogP contribution in [0.3, 0.4) is 0 Å². The largest absolute Gasteiger partial charge is 0.487 e. The Kier molecular flexibility index (Phi) is 4.91. The highest BCUT2D eigenvalue weighted by Gasteiger charge is 2.16. The summed E-state index contributed by atoms with van der Waals surface area (Å²) in [4.78, 5) is 4.44. The van der Waals surface area contributed by atoms with E-state index in [1.807, 2.05) is 24.3 Å². The molecule has 1 aromatic rings. The molecule has 0 amide bonds. The first-order valence-electron chi connectivity index (χ1n) is 6.58. The highest BCUT2D eigenvalue weighted by molar-refractivity contribution is 6.30. The molecule has 0 spiro atoms. The maximum atomic E-state index is 5.84. The second-order valence-corrected chi connectivity index (χ2v) is 5.48. The van der Waals surface area contributed by atoms with Gasteiger partial charge >= 0.3 is 0 Å². The van der Waals surface area contributed by atoms with E-state index in [4.69, 9.17) is 16.3 Å². The van der Waals surface area contributed by atoms with E-state index in [9.17, 15) is 0 Å². The average Bonchev–Trinajstić information content (AvgIpc) is 2.40. The average molecular weight is 282 g/mol. The minimum atomic E-state index is 0.0609. The van der Waals surface area contributed by atoms with Crippen molar-refractivity contribution in [2.45, 2.75) is 20.0 Å². The fourth-order valence-electron chi connectivity index (χ4n) is 1.73. The number of nitrogens with zero attached hydrogens (tertiary/aromatic N) is 1. The summed E-state index contributed by atoms with van der Waals surface area (Å²) in [5.74, 6) is 2.29. The summed E-state index contributed by atoms with van der Waals surface area (Å²) in [7, 11) is 0. The molecule has 0 bridgehead atoms. The predicted molar refractivity (Wildman–Crippen MR) is 79.0 cm³/mol. The van der Waals surface area contributed by atoms with Crippen molar-refractivity contribution in [1.29, 1.82) is 0 Å². The third-order valence-electron chi connectivity index (χ3n) is 2.74. The molecule has 1 atom stereocenters. The first kappa shape index (κ1) is 14.0. The van der Waals surface area contributed by atoms with Crippen molar-refractivity contribution in [3.8, 4) is 5.75 Å². The Hall–Kier alpha value is -1.42. The number of halogens is 1. The Morgan fingerprint density at radius 1 is 1.42 bits per heavy atom. The van der Waals surface area contributed by atoms with Gasteiger partial charge in [-0.05, 0) is 30.2 Å². The Labute approximate surface area is 119 Å². The zero-order chi connectivity index (χ0) is 13.7. The van der Waals surface area contributed by atoms with Crippen LogP contribution in [0.1, 0.15) is 13.8 Å². The zero-order valence-corrected chi connectivity index (χ0v) is 12.1. The van der Waals surface area contributed by atoms with Crippen LogP contribution in [0.15, 0.2) is 29.3 Å². The molecule has 2 rings (SSSR count). The van der Waals surface area contributed by atoms with Gasteiger partial charge < -0.3 is 15.4 Å². The van der Waals surface area contributed by atoms with Gasteiger partial charge in [0.2, 0.25) is 0 Å². The van der Waals surface area contributed by atoms with Crippen LogP contribution in [-0.4, -0.2) is 31.7 Å². The van der Waals surface area contributed by atoms with Gasteiger partial charge in [-0.1, -0.05) is 25.4 Å². The van der Waals surface area contributed by atoms with Crippen LogP contribution < -0.4 is 15.4 Å². The number of rotatable bonds is 4. The molecule has 1 aliphatic heterocycles. The molecule has 0 saturated carbocycles. The van der Waals surface area contributed by atoms with Crippen molar-refractivity contribution in [2.75, 3.05) is 19.6 Å². The Morgan fingerprint density at radius 2 is 2.16 bits per heavy atom. The summed E-state index contributed by atoms with van der Waals surface area (Å²) in [6.07, 6.45) is 0.0609. The van der Waals surface area contributed by atoms with Gasteiger partial charge in [-0.2, -0.15) is 0 Å². The highest BCUT2D eigenvalue weighted by atomic mass is 35.5. The van der Waals surface area contributed by atoms with Crippen molar-refractivity contribution in [3.63, 3.8) is 0 Å². The van der Waals surface area contributed by atoms with Gasteiger partial charge in [0.1, 0.15) is 11.9 Å². The van der Waals surface area contributed by atoms with Gasteiger partial charge in [-0.25, -0.2) is 4.99 Å². The smallest absolute Gasteiger partial charge is 0.191 e. The van der Waals surface area contributed by atoms with Crippen molar-refractivity contribution >= 4 is 17.6 Å². The first-order chi connectivity index (χ1) is 9.13. The lowest BCUT2D eigenvalue weighted by Crippen LogP contribution is -2.48. The van der Waals surface area contributed by atoms with E-state index in [0.29, 0.717) is 17.5 Å². The van der Waals surface area contributed by atoms with Crippen molar-refractivity contribution in [3.05, 3.63) is 29.3 Å². The Balaban J connectivity index is 1.81. The molecule has 0 saturated heterocycles. The van der Waals surface area contributed by atoms with Crippen LogP contribution in [0.2, 0.25) is 5.02 Å². The topological polar surface area (TPSA) is 45.7 Å². The van der Waals surface area contributed by atoms with Crippen molar-refractivity contribution in [1.82, 2.24) is 10.6 Å². The normalized spacial score (nSPS) is 18.7. The van der Waals surface area contributed by atoms with Gasteiger partial charge in [0.25, 0.3) is 0 Å². The molecule has 104 valence electrons. The van der Waals surface area contributed by atoms with Gasteiger partial charge in [-0.3, -0.25) is 0 Å². The van der Waals surface area contributed by atoms with Crippen LogP contribution in [0.25, 0.3) is 0 Å². The summed E-state index contributed by atoms with van der Waals surface area (Å²) in [6.45, 7) is 6.68. The summed E-state index contributed by atoms with van der Waals surface area (Å²) in [5, 5.41) is 7.24. The molecule has 1 aliphatic rings. The molecular formula is C14H20ClN3O. The molecule has 1 heterocycles. The third kappa shape index (κ3) is 4.63. The molecule has 19 heavy (non-hydrogen) atoms. The molecule has 0 aromatic heterocycles. The lowest BCUT2D eigenvalue weighted by molar-refractivity contribution is 0.206. The second kappa shape index (κ2) is 6.66. The predicted octanol–water partition coefficient (Wildman–Crippen LogP) is 2.29. The van der Waals surface area contributed by atoms with Crippen molar-refractivity contribution in [2.24, 2.45) is 10.9 Å². The quantitative estimate of drug-likeness (QED) is 0.890. The number of hydrogen-bond acceptors (Lipinski definition) is 4. The third-order valence-corrected chi connectivity index (χ3v) is 3.00. The summed E-state index contributed by atoms with van der Waals surface area (Å²) >= 11 is 5.84. The molecule has 4 nitrogen and oxygen atoms in total. The second-order valence-electron chi connectivity index (χ2n) is 5.04. The van der Waals surface area contributed by atoms with E-state index in [0.717, 1.165) is 24.8 Å². The van der Waals surface area contributed by atoms with E-state index in [2.05, 4.69) is 29.5 Å². The van der Waals surface area contributed by atoms with E-state index in [-0.39, 0.29) is 6.10 Å². The zero-order valence-electron chi connectivity index (χ0n) is 11.3. The van der Waals surface area contributed by atoms with E-state index in [1.54, 1.807) is 0 Å². The van der Waals surface area contributed by atoms with E-state index in [1.165, 1.54) is 0 Å². The maximum absolute atomic E-state index is 5.84.